The van der Waals surface area contributed by atoms with Gasteiger partial charge in [0.2, 0.25) is 0 Å². The Bertz CT molecular complexity index is 1240. The number of H-pyrrole nitrogens is 1. The second kappa shape index (κ2) is 10.4. The lowest BCUT2D eigenvalue weighted by Crippen LogP contribution is -2.41. The molecule has 0 saturated heterocycles. The van der Waals surface area contributed by atoms with Crippen LogP contribution < -0.4 is 5.32 Å². The summed E-state index contributed by atoms with van der Waals surface area (Å²) in [6.07, 6.45) is 1.66. The average Bonchev–Trinajstić information content (AvgIpc) is 3.42. The normalized spacial score (nSPS) is 13.8. The number of carbonyl (C=O) groups excluding carboxylic acids is 1. The molecule has 0 unspecified atom stereocenters. The van der Waals surface area contributed by atoms with E-state index in [0.29, 0.717) is 22.8 Å². The zero-order valence-electron chi connectivity index (χ0n) is 21.3. The van der Waals surface area contributed by atoms with Gasteiger partial charge in [-0.3, -0.25) is 14.6 Å². The number of carbonyl (C=O) groups is 1. The van der Waals surface area contributed by atoms with Crippen molar-refractivity contribution in [3.8, 4) is 17.3 Å². The van der Waals surface area contributed by atoms with Gasteiger partial charge in [-0.05, 0) is 46.4 Å². The van der Waals surface area contributed by atoms with Crippen molar-refractivity contribution in [2.75, 3.05) is 0 Å². The number of nitriles is 1. The summed E-state index contributed by atoms with van der Waals surface area (Å²) in [5, 5.41) is 24.2. The van der Waals surface area contributed by atoms with Crippen LogP contribution >= 0.6 is 11.6 Å². The first kappa shape index (κ1) is 26.7. The number of rotatable bonds is 8. The first-order valence-electron chi connectivity index (χ1n) is 11.6. The van der Waals surface area contributed by atoms with E-state index >= 15 is 0 Å². The molecule has 0 aliphatic rings. The number of nitrogens with one attached hydrogen (secondary N) is 2. The van der Waals surface area contributed by atoms with E-state index in [1.54, 1.807) is 22.9 Å². The summed E-state index contributed by atoms with van der Waals surface area (Å²) in [5.74, 6) is -0.259. The van der Waals surface area contributed by atoms with Gasteiger partial charge in [0.25, 0.3) is 5.91 Å². The lowest BCUT2D eigenvalue weighted by molar-refractivity contribution is 0.0931. The van der Waals surface area contributed by atoms with Crippen LogP contribution in [0, 0.1) is 11.3 Å². The Kier molecular flexibility index (Phi) is 7.89. The first-order valence-corrected chi connectivity index (χ1v) is 14.9. The minimum atomic E-state index is -1.95. The summed E-state index contributed by atoms with van der Waals surface area (Å²) in [4.78, 5) is 12.8. The van der Waals surface area contributed by atoms with Gasteiger partial charge in [0.05, 0.1) is 34.6 Å². The van der Waals surface area contributed by atoms with Crippen molar-refractivity contribution in [1.82, 2.24) is 25.3 Å². The predicted octanol–water partition coefficient (Wildman–Crippen LogP) is 5.70. The average molecular weight is 513 g/mol. The molecule has 0 spiro atoms. The summed E-state index contributed by atoms with van der Waals surface area (Å²) >= 11 is 6.14. The number of amides is 1. The number of hydrogen-bond acceptors (Lipinski definition) is 5. The molecule has 0 saturated carbocycles. The molecule has 0 bridgehead atoms. The molecule has 0 aliphatic heterocycles. The van der Waals surface area contributed by atoms with Gasteiger partial charge in [-0.1, -0.05) is 38.4 Å². The van der Waals surface area contributed by atoms with Crippen molar-refractivity contribution < 1.29 is 9.22 Å². The third-order valence-electron chi connectivity index (χ3n) is 6.41. The number of aromatic nitrogens is 4. The highest BCUT2D eigenvalue weighted by Crippen LogP contribution is 2.39. The summed E-state index contributed by atoms with van der Waals surface area (Å²) in [6, 6.07) is 10.7. The van der Waals surface area contributed by atoms with Crippen molar-refractivity contribution in [3.05, 3.63) is 58.5 Å². The van der Waals surface area contributed by atoms with Gasteiger partial charge < -0.3 is 9.74 Å². The van der Waals surface area contributed by atoms with Crippen LogP contribution in [-0.2, 0) is 11.0 Å². The number of halogens is 1. The van der Waals surface area contributed by atoms with E-state index in [0.717, 1.165) is 17.0 Å². The maximum Gasteiger partial charge on any atom is 0.272 e. The SMILES string of the molecule is C[C@@H](Cn1ccc(-c2ccc(C#N)c(Cl)c2)n1)NC(=O)c1cc([C@@H](C)O[Si-](C)(C)C(C)(C)C)[nH]n1. The highest BCUT2D eigenvalue weighted by Gasteiger charge is 2.27. The fraction of sp³-hybridized carbons (Fsp3) is 0.440. The number of hydrogen-bond donors (Lipinski definition) is 2. The maximum absolute atomic E-state index is 12.8. The molecule has 1 amide bonds. The molecule has 2 atom stereocenters. The molecule has 0 aliphatic carbocycles. The highest BCUT2D eigenvalue weighted by atomic mass is 35.5. The molecule has 0 radical (unpaired) electrons. The van der Waals surface area contributed by atoms with Crippen LogP contribution in [0.1, 0.15) is 62.5 Å². The smallest absolute Gasteiger partial charge is 0.272 e. The third kappa shape index (κ3) is 6.39. The second-order valence-corrected chi connectivity index (χ2v) is 15.5. The Labute approximate surface area is 212 Å². The summed E-state index contributed by atoms with van der Waals surface area (Å²) in [6.45, 7) is 15.4. The van der Waals surface area contributed by atoms with Gasteiger partial charge in [0.15, 0.2) is 0 Å². The van der Waals surface area contributed by atoms with Crippen molar-refractivity contribution in [2.45, 2.75) is 71.4 Å². The molecule has 3 aromatic rings. The van der Waals surface area contributed by atoms with E-state index < -0.39 is 8.32 Å². The molecule has 2 N–H and O–H groups in total. The van der Waals surface area contributed by atoms with Crippen LogP contribution in [-0.4, -0.2) is 40.2 Å². The molecule has 1 aromatic carbocycles. The number of aromatic amines is 1. The third-order valence-corrected chi connectivity index (χ3v) is 11.3. The highest BCUT2D eigenvalue weighted by molar-refractivity contribution is 6.74. The van der Waals surface area contributed by atoms with Crippen LogP contribution in [0.2, 0.25) is 23.2 Å². The minimum Gasteiger partial charge on any atom is -0.558 e. The Balaban J connectivity index is 1.59. The second-order valence-electron chi connectivity index (χ2n) is 10.3. The van der Waals surface area contributed by atoms with Crippen LogP contribution in [0.3, 0.4) is 0 Å². The van der Waals surface area contributed by atoms with Crippen LogP contribution in [0.15, 0.2) is 36.5 Å². The van der Waals surface area contributed by atoms with E-state index in [-0.39, 0.29) is 23.1 Å². The minimum absolute atomic E-state index is 0.0929. The zero-order chi connectivity index (χ0) is 26.0. The number of nitrogens with zero attached hydrogens (tertiary/aromatic N) is 4. The van der Waals surface area contributed by atoms with Crippen molar-refractivity contribution in [1.29, 1.82) is 5.26 Å². The fourth-order valence-corrected chi connectivity index (χ4v) is 4.94. The van der Waals surface area contributed by atoms with E-state index in [1.165, 1.54) is 0 Å². The molecule has 2 heterocycles. The Morgan fingerprint density at radius 2 is 2.00 bits per heavy atom. The van der Waals surface area contributed by atoms with Gasteiger partial charge >= 0.3 is 0 Å². The molecular weight excluding hydrogens is 480 g/mol. The van der Waals surface area contributed by atoms with Crippen LogP contribution in [0.5, 0.6) is 0 Å². The van der Waals surface area contributed by atoms with Gasteiger partial charge in [-0.25, -0.2) is 0 Å². The molecule has 0 fully saturated rings. The Hall–Kier alpha value is -2.93. The molecule has 187 valence electrons. The van der Waals surface area contributed by atoms with Gasteiger partial charge in [-0.2, -0.15) is 15.5 Å². The fourth-order valence-electron chi connectivity index (χ4n) is 3.35. The lowest BCUT2D eigenvalue weighted by Gasteiger charge is -2.50. The quantitative estimate of drug-likeness (QED) is 0.376. The van der Waals surface area contributed by atoms with Crippen molar-refractivity contribution in [3.63, 3.8) is 0 Å². The molecule has 3 rings (SSSR count). The van der Waals surface area contributed by atoms with E-state index in [9.17, 15) is 4.79 Å². The topological polar surface area (TPSA) is 109 Å². The zero-order valence-corrected chi connectivity index (χ0v) is 23.1. The van der Waals surface area contributed by atoms with Crippen LogP contribution in [0.4, 0.5) is 0 Å². The lowest BCUT2D eigenvalue weighted by atomic mass is 10.1. The van der Waals surface area contributed by atoms with E-state index in [1.807, 2.05) is 38.2 Å². The Morgan fingerprint density at radius 3 is 2.63 bits per heavy atom. The standard InChI is InChI=1S/C25H33ClN6O2Si/c1-16(15-32-11-10-21(31-32)18-8-9-19(14-27)20(26)12-18)28-24(33)23-13-22(29-30-23)17(2)34-35(6,7)25(3,4)5/h8-13,16-17H,15H2,1-7H3,(H,28,33)(H,29,30)/q-1/t16-,17+/m0/s1. The summed E-state index contributed by atoms with van der Waals surface area (Å²) in [7, 11) is -1.95. The monoisotopic (exact) mass is 512 g/mol. The summed E-state index contributed by atoms with van der Waals surface area (Å²) in [5.41, 5.74) is 3.09. The molecule has 2 aromatic heterocycles. The van der Waals surface area contributed by atoms with Gasteiger partial charge in [0, 0.05) is 17.8 Å². The van der Waals surface area contributed by atoms with E-state index in [2.05, 4.69) is 54.5 Å². The number of benzene rings is 1. The first-order chi connectivity index (χ1) is 16.3. The van der Waals surface area contributed by atoms with Crippen molar-refractivity contribution in [2.24, 2.45) is 0 Å². The molecule has 10 heteroatoms. The van der Waals surface area contributed by atoms with Crippen LogP contribution in [0.25, 0.3) is 11.3 Å². The Morgan fingerprint density at radius 1 is 1.29 bits per heavy atom. The van der Waals surface area contributed by atoms with Gasteiger partial charge in [0.1, 0.15) is 11.8 Å². The van der Waals surface area contributed by atoms with Crippen molar-refractivity contribution >= 4 is 25.8 Å². The maximum atomic E-state index is 12.8. The molecule has 8 nitrogen and oxygen atoms in total. The summed E-state index contributed by atoms with van der Waals surface area (Å²) < 4.78 is 8.16. The van der Waals surface area contributed by atoms with Gasteiger partial charge in [-0.15, -0.1) is 18.1 Å². The van der Waals surface area contributed by atoms with E-state index in [4.69, 9.17) is 21.3 Å². The largest absolute Gasteiger partial charge is 0.558 e. The predicted molar refractivity (Wildman–Crippen MR) is 140 cm³/mol. The molecule has 35 heavy (non-hydrogen) atoms. The molecular formula is C25H33ClN6O2Si-.